The van der Waals surface area contributed by atoms with E-state index in [1.54, 1.807) is 19.2 Å². The molecule has 1 aromatic carbocycles. The van der Waals surface area contributed by atoms with E-state index in [4.69, 9.17) is 4.74 Å². The monoisotopic (exact) mass is 377 g/mol. The van der Waals surface area contributed by atoms with Gasteiger partial charge in [-0.05, 0) is 19.1 Å². The second kappa shape index (κ2) is 6.92. The normalized spacial score (nSPS) is 13.6. The molecule has 5 nitrogen and oxygen atoms in total. The van der Waals surface area contributed by atoms with Crippen molar-refractivity contribution >= 4 is 35.9 Å². The molecule has 1 N–H and O–H groups in total. The van der Waals surface area contributed by atoms with E-state index in [1.165, 1.54) is 12.1 Å². The summed E-state index contributed by atoms with van der Waals surface area (Å²) in [7, 11) is -2.59. The smallest absolute Gasteiger partial charge is 0.124 e. The SMILES string of the molecule is COC1=[CH][SbH][CH]=[NH+]1.Cc1ccc(S(=O)(=O)[O-])cc1. The zero-order valence-electron chi connectivity index (χ0n) is 10.0. The second-order valence-electron chi connectivity index (χ2n) is 3.44. The minimum absolute atomic E-state index is 0.178. The molecule has 0 saturated carbocycles. The molecular formula is C11H14NO4SSb. The van der Waals surface area contributed by atoms with Gasteiger partial charge in [0.25, 0.3) is 0 Å². The first-order valence-electron chi connectivity index (χ1n) is 5.04. The largest absolute Gasteiger partial charge is 0.744 e. The molecular weight excluding hydrogens is 364 g/mol. The van der Waals surface area contributed by atoms with Crippen LogP contribution in [0.5, 0.6) is 0 Å². The number of hydrogen-bond acceptors (Lipinski definition) is 4. The van der Waals surface area contributed by atoms with Crippen LogP contribution in [-0.2, 0) is 14.9 Å². The van der Waals surface area contributed by atoms with Crippen LogP contribution in [0.2, 0.25) is 0 Å². The standard InChI is InChI=1S/C7H8O3S.C4H6NO.Sb.H/c1-6-2-4-7(5-3-6)11(8,9)10;1-4(5-2)6-3;;/h2-5H,1H3,(H,8,9,10);1-2,5H,3H3;;/q;+1;;/p-1. The van der Waals surface area contributed by atoms with Crippen molar-refractivity contribution in [1.29, 1.82) is 0 Å². The molecule has 1 aromatic rings. The first-order chi connectivity index (χ1) is 8.43. The van der Waals surface area contributed by atoms with Gasteiger partial charge < -0.3 is 4.55 Å². The van der Waals surface area contributed by atoms with Gasteiger partial charge in [-0.1, -0.05) is 17.7 Å². The molecule has 0 aliphatic carbocycles. The molecule has 1 heterocycles. The molecule has 0 amide bonds. The maximum absolute atomic E-state index is 10.4. The zero-order chi connectivity index (χ0) is 13.6. The van der Waals surface area contributed by atoms with Crippen LogP contribution in [0.1, 0.15) is 5.56 Å². The van der Waals surface area contributed by atoms with Crippen molar-refractivity contribution in [3.63, 3.8) is 0 Å². The number of aryl methyl sites for hydroxylation is 1. The van der Waals surface area contributed by atoms with Gasteiger partial charge in [0.1, 0.15) is 10.1 Å². The summed E-state index contributed by atoms with van der Waals surface area (Å²) >= 11 is -0.265. The molecule has 98 valence electrons. The fourth-order valence-electron chi connectivity index (χ4n) is 1.09. The molecule has 0 saturated heterocycles. The Kier molecular flexibility index (Phi) is 5.85. The van der Waals surface area contributed by atoms with Gasteiger partial charge in [0.2, 0.25) is 0 Å². The Labute approximate surface area is 117 Å². The number of rotatable bonds is 2. The van der Waals surface area contributed by atoms with E-state index in [2.05, 4.69) is 13.2 Å². The molecule has 7 heteroatoms. The summed E-state index contributed by atoms with van der Waals surface area (Å²) in [6.07, 6.45) is 0. The quantitative estimate of drug-likeness (QED) is 0.523. The summed E-state index contributed by atoms with van der Waals surface area (Å²) in [6.45, 7) is 1.82. The van der Waals surface area contributed by atoms with E-state index >= 15 is 0 Å². The van der Waals surface area contributed by atoms with Gasteiger partial charge in [-0.25, -0.2) is 8.42 Å². The van der Waals surface area contributed by atoms with Crippen LogP contribution < -0.4 is 4.99 Å². The third-order valence-corrected chi connectivity index (χ3v) is 5.00. The van der Waals surface area contributed by atoms with Gasteiger partial charge in [0, 0.05) is 0 Å². The first-order valence-corrected chi connectivity index (χ1v) is 9.75. The summed E-state index contributed by atoms with van der Waals surface area (Å²) in [4.78, 5) is 2.82. The fourth-order valence-corrected chi connectivity index (χ4v) is 3.45. The average molecular weight is 378 g/mol. The van der Waals surface area contributed by atoms with Crippen LogP contribution in [0.15, 0.2) is 39.1 Å². The van der Waals surface area contributed by atoms with E-state index in [0.29, 0.717) is 0 Å². The third-order valence-electron chi connectivity index (χ3n) is 2.04. The Balaban J connectivity index is 0.000000199. The Morgan fingerprint density at radius 2 is 1.89 bits per heavy atom. The van der Waals surface area contributed by atoms with Crippen molar-refractivity contribution < 1.29 is 22.7 Å². The number of nitrogens with one attached hydrogen (secondary N) is 1. The van der Waals surface area contributed by atoms with Crippen molar-refractivity contribution in [3.05, 3.63) is 39.7 Å². The van der Waals surface area contributed by atoms with Crippen molar-refractivity contribution in [2.75, 3.05) is 7.11 Å². The van der Waals surface area contributed by atoms with Gasteiger partial charge in [0.15, 0.2) is 0 Å². The molecule has 0 atom stereocenters. The van der Waals surface area contributed by atoms with Crippen LogP contribution in [0, 0.1) is 6.92 Å². The van der Waals surface area contributed by atoms with Gasteiger partial charge in [-0.2, -0.15) is 0 Å². The molecule has 1 aliphatic rings. The summed E-state index contributed by atoms with van der Waals surface area (Å²) in [5, 5.41) is 0. The van der Waals surface area contributed by atoms with Crippen LogP contribution in [0.3, 0.4) is 0 Å². The zero-order valence-corrected chi connectivity index (χ0v) is 13.7. The maximum Gasteiger partial charge on any atom is 0.124 e. The van der Waals surface area contributed by atoms with Crippen LogP contribution >= 0.6 is 0 Å². The van der Waals surface area contributed by atoms with Crippen molar-refractivity contribution in [2.45, 2.75) is 11.8 Å². The second-order valence-corrected chi connectivity index (χ2v) is 7.41. The van der Waals surface area contributed by atoms with Crippen LogP contribution in [0.25, 0.3) is 0 Å². The Morgan fingerprint density at radius 3 is 2.22 bits per heavy atom. The average Bonchev–Trinajstić information content (AvgIpc) is 2.82. The summed E-state index contributed by atoms with van der Waals surface area (Å²) in [6, 6.07) is 5.78. The van der Waals surface area contributed by atoms with Gasteiger partial charge in [0.05, 0.1) is 4.90 Å². The number of hydrogen-bond donors (Lipinski definition) is 1. The Hall–Kier alpha value is -0.842. The van der Waals surface area contributed by atoms with Gasteiger partial charge in [-0.15, -0.1) is 0 Å². The molecule has 18 heavy (non-hydrogen) atoms. The predicted octanol–water partition coefficient (Wildman–Crippen LogP) is -1.11. The number of methoxy groups -OCH3 is 1. The minimum atomic E-state index is -4.27. The van der Waals surface area contributed by atoms with Crippen LogP contribution in [0.4, 0.5) is 0 Å². The van der Waals surface area contributed by atoms with E-state index in [1.807, 2.05) is 6.92 Å². The van der Waals surface area contributed by atoms with Crippen molar-refractivity contribution in [3.8, 4) is 0 Å². The Bertz CT molecular complexity index is 549. The van der Waals surface area contributed by atoms with E-state index in [9.17, 15) is 13.0 Å². The summed E-state index contributed by atoms with van der Waals surface area (Å²) < 4.78 is 40.3. The predicted molar refractivity (Wildman–Crippen MR) is 68.4 cm³/mol. The maximum atomic E-state index is 10.4. The van der Waals surface area contributed by atoms with Crippen molar-refractivity contribution in [1.82, 2.24) is 0 Å². The molecule has 0 bridgehead atoms. The third kappa shape index (κ3) is 5.21. The molecule has 2 rings (SSSR count). The fraction of sp³-hybridized carbons (Fsp3) is 0.182. The molecule has 0 unspecified atom stereocenters. The topological polar surface area (TPSA) is 80.4 Å². The van der Waals surface area contributed by atoms with Gasteiger partial charge in [-0.3, -0.25) is 0 Å². The van der Waals surface area contributed by atoms with Crippen LogP contribution in [-0.4, -0.2) is 45.9 Å². The van der Waals surface area contributed by atoms with Gasteiger partial charge >= 0.3 is 52.5 Å². The number of benzene rings is 1. The molecule has 1 aliphatic heterocycles. The molecule has 0 radical (unpaired) electrons. The van der Waals surface area contributed by atoms with E-state index < -0.39 is 10.1 Å². The summed E-state index contributed by atoms with van der Waals surface area (Å²) in [5.41, 5.74) is 0.928. The molecule has 0 aromatic heterocycles. The minimum Gasteiger partial charge on any atom is -0.744 e. The first kappa shape index (κ1) is 15.2. The Morgan fingerprint density at radius 1 is 1.28 bits per heavy atom. The van der Waals surface area contributed by atoms with E-state index in [-0.39, 0.29) is 26.5 Å². The number of ether oxygens (including phenoxy) is 1. The van der Waals surface area contributed by atoms with E-state index in [0.717, 1.165) is 11.4 Å². The van der Waals surface area contributed by atoms with Crippen molar-refractivity contribution in [2.24, 2.45) is 0 Å². The summed E-state index contributed by atoms with van der Waals surface area (Å²) in [5.74, 6) is 0.937. The molecule has 0 fully saturated rings. The molecule has 0 spiro atoms.